The van der Waals surface area contributed by atoms with Crippen LogP contribution < -0.4 is 4.74 Å². The molecule has 0 bridgehead atoms. The molecule has 0 radical (unpaired) electrons. The first-order valence-electron chi connectivity index (χ1n) is 12.0. The number of rotatable bonds is 8. The van der Waals surface area contributed by atoms with Gasteiger partial charge in [0.2, 0.25) is 0 Å². The van der Waals surface area contributed by atoms with Crippen LogP contribution >= 0.6 is 11.8 Å². The molecule has 11 heteroatoms. The summed E-state index contributed by atoms with van der Waals surface area (Å²) in [6, 6.07) is 21.4. The van der Waals surface area contributed by atoms with E-state index in [1.807, 2.05) is 53.1 Å². The van der Waals surface area contributed by atoms with E-state index < -0.39 is 4.92 Å². The molecule has 1 aliphatic rings. The van der Waals surface area contributed by atoms with Crippen LogP contribution in [0.25, 0.3) is 17.1 Å². The molecule has 3 aromatic carbocycles. The summed E-state index contributed by atoms with van der Waals surface area (Å²) in [4.78, 5) is 25.8. The maximum absolute atomic E-state index is 12.7. The Morgan fingerprint density at radius 2 is 1.74 bits per heavy atom. The average Bonchev–Trinajstić information content (AvgIpc) is 3.40. The van der Waals surface area contributed by atoms with Gasteiger partial charge < -0.3 is 14.4 Å². The van der Waals surface area contributed by atoms with Crippen LogP contribution in [-0.4, -0.2) is 63.9 Å². The normalized spacial score (nSPS) is 13.3. The second-order valence-corrected chi connectivity index (χ2v) is 9.45. The van der Waals surface area contributed by atoms with Gasteiger partial charge in [0.05, 0.1) is 36.5 Å². The molecule has 38 heavy (non-hydrogen) atoms. The second-order valence-electron chi connectivity index (χ2n) is 8.50. The maximum atomic E-state index is 12.7. The predicted octanol–water partition coefficient (Wildman–Crippen LogP) is 4.62. The highest BCUT2D eigenvalue weighted by atomic mass is 32.2. The highest BCUT2D eigenvalue weighted by Crippen LogP contribution is 2.34. The van der Waals surface area contributed by atoms with Crippen molar-refractivity contribution in [2.45, 2.75) is 10.9 Å². The van der Waals surface area contributed by atoms with Crippen LogP contribution in [0.15, 0.2) is 78.0 Å². The molecular weight excluding hydrogens is 506 g/mol. The zero-order chi connectivity index (χ0) is 26.5. The number of thioether (sulfide) groups is 1. The van der Waals surface area contributed by atoms with Gasteiger partial charge in [0, 0.05) is 30.5 Å². The number of amides is 1. The summed E-state index contributed by atoms with van der Waals surface area (Å²) in [5.74, 6) is 1.63. The van der Waals surface area contributed by atoms with E-state index in [1.54, 1.807) is 30.2 Å². The van der Waals surface area contributed by atoms with Crippen LogP contribution in [0.1, 0.15) is 15.9 Å². The Labute approximate surface area is 223 Å². The zero-order valence-corrected chi connectivity index (χ0v) is 21.5. The summed E-state index contributed by atoms with van der Waals surface area (Å²) in [6.07, 6.45) is 0. The van der Waals surface area contributed by atoms with Crippen LogP contribution in [0.3, 0.4) is 0 Å². The summed E-state index contributed by atoms with van der Waals surface area (Å²) in [5.41, 5.74) is 2.72. The molecule has 0 aliphatic carbocycles. The Kier molecular flexibility index (Phi) is 7.66. The largest absolute Gasteiger partial charge is 0.497 e. The number of methoxy groups -OCH3 is 1. The molecule has 0 spiro atoms. The van der Waals surface area contributed by atoms with Crippen LogP contribution in [-0.2, 0) is 10.5 Å². The molecule has 1 aromatic heterocycles. The Morgan fingerprint density at radius 3 is 2.42 bits per heavy atom. The molecule has 194 valence electrons. The zero-order valence-electron chi connectivity index (χ0n) is 20.6. The lowest BCUT2D eigenvalue weighted by Gasteiger charge is -2.26. The van der Waals surface area contributed by atoms with E-state index >= 15 is 0 Å². The topological polar surface area (TPSA) is 113 Å². The van der Waals surface area contributed by atoms with Crippen LogP contribution in [0.4, 0.5) is 5.69 Å². The van der Waals surface area contributed by atoms with Gasteiger partial charge in [-0.05, 0) is 48.0 Å². The average molecular weight is 532 g/mol. The Hall–Kier alpha value is -4.22. The third kappa shape index (κ3) is 5.38. The smallest absolute Gasteiger partial charge is 0.280 e. The molecule has 1 saturated heterocycles. The van der Waals surface area contributed by atoms with E-state index in [9.17, 15) is 14.9 Å². The highest BCUT2D eigenvalue weighted by Gasteiger charge is 2.23. The van der Waals surface area contributed by atoms with Crippen molar-refractivity contribution in [1.29, 1.82) is 0 Å². The monoisotopic (exact) mass is 531 g/mol. The summed E-state index contributed by atoms with van der Waals surface area (Å²) in [5, 5.41) is 21.0. The first-order valence-corrected chi connectivity index (χ1v) is 13.0. The molecule has 10 nitrogen and oxygen atoms in total. The number of nitro benzene ring substituents is 1. The SMILES string of the molecule is COc1ccc(-n2c(SCc3ccc(C(=O)N4CCOCC4)cc3)nnc2-c2ccccc2[N+](=O)[O-])cc1. The minimum absolute atomic E-state index is 0.000786. The van der Waals surface area contributed by atoms with Crippen LogP contribution in [0.2, 0.25) is 0 Å². The van der Waals surface area contributed by atoms with E-state index in [1.165, 1.54) is 17.8 Å². The molecule has 0 saturated carbocycles. The number of hydrogen-bond acceptors (Lipinski definition) is 8. The van der Waals surface area contributed by atoms with Crippen molar-refractivity contribution >= 4 is 23.4 Å². The van der Waals surface area contributed by atoms with Gasteiger partial charge in [0.1, 0.15) is 5.75 Å². The Balaban J connectivity index is 1.42. The molecule has 5 rings (SSSR count). The number of nitrogens with zero attached hydrogens (tertiary/aromatic N) is 5. The lowest BCUT2D eigenvalue weighted by atomic mass is 10.1. The first-order chi connectivity index (χ1) is 18.5. The molecule has 0 N–H and O–H groups in total. The number of para-hydroxylation sites is 1. The summed E-state index contributed by atoms with van der Waals surface area (Å²) in [7, 11) is 1.59. The fourth-order valence-electron chi connectivity index (χ4n) is 4.16. The third-order valence-electron chi connectivity index (χ3n) is 6.17. The van der Waals surface area contributed by atoms with Crippen LogP contribution in [0, 0.1) is 10.1 Å². The van der Waals surface area contributed by atoms with Gasteiger partial charge in [0.25, 0.3) is 11.6 Å². The maximum Gasteiger partial charge on any atom is 0.280 e. The van der Waals surface area contributed by atoms with E-state index in [0.29, 0.717) is 59.9 Å². The number of carbonyl (C=O) groups is 1. The number of aromatic nitrogens is 3. The fraction of sp³-hybridized carbons (Fsp3) is 0.222. The minimum atomic E-state index is -0.422. The summed E-state index contributed by atoms with van der Waals surface area (Å²) >= 11 is 1.45. The van der Waals surface area contributed by atoms with Crippen molar-refractivity contribution in [3.63, 3.8) is 0 Å². The quantitative estimate of drug-likeness (QED) is 0.184. The number of hydrogen-bond donors (Lipinski definition) is 0. The van der Waals surface area contributed by atoms with Gasteiger partial charge in [-0.3, -0.25) is 19.5 Å². The highest BCUT2D eigenvalue weighted by molar-refractivity contribution is 7.98. The van der Waals surface area contributed by atoms with E-state index in [-0.39, 0.29) is 11.6 Å². The van der Waals surface area contributed by atoms with Gasteiger partial charge in [-0.15, -0.1) is 10.2 Å². The van der Waals surface area contributed by atoms with Gasteiger partial charge in [-0.25, -0.2) is 0 Å². The fourth-order valence-corrected chi connectivity index (χ4v) is 5.07. The minimum Gasteiger partial charge on any atom is -0.497 e. The van der Waals surface area contributed by atoms with E-state index in [0.717, 1.165) is 11.3 Å². The van der Waals surface area contributed by atoms with E-state index in [4.69, 9.17) is 9.47 Å². The Bertz CT molecular complexity index is 1430. The molecule has 1 fully saturated rings. The molecule has 0 unspecified atom stereocenters. The number of carbonyl (C=O) groups excluding carboxylic acids is 1. The number of ether oxygens (including phenoxy) is 2. The van der Waals surface area contributed by atoms with Crippen molar-refractivity contribution in [2.24, 2.45) is 0 Å². The van der Waals surface area contributed by atoms with Crippen LogP contribution in [0.5, 0.6) is 5.75 Å². The molecule has 2 heterocycles. The summed E-state index contributed by atoms with van der Waals surface area (Å²) < 4.78 is 12.4. The molecule has 4 aromatic rings. The number of morpholine rings is 1. The molecule has 0 atom stereocenters. The molecule has 1 aliphatic heterocycles. The second kappa shape index (κ2) is 11.4. The third-order valence-corrected chi connectivity index (χ3v) is 7.17. The lowest BCUT2D eigenvalue weighted by molar-refractivity contribution is -0.384. The standard InChI is InChI=1S/C27H25N5O5S/c1-36-22-12-10-21(11-13-22)31-25(23-4-2-3-5-24(23)32(34)35)28-29-27(31)38-18-19-6-8-20(9-7-19)26(33)30-14-16-37-17-15-30/h2-13H,14-18H2,1H3. The molecular formula is C27H25N5O5S. The number of benzene rings is 3. The first kappa shape index (κ1) is 25.4. The van der Waals surface area contributed by atoms with Crippen molar-refractivity contribution in [1.82, 2.24) is 19.7 Å². The predicted molar refractivity (Wildman–Crippen MR) is 143 cm³/mol. The van der Waals surface area contributed by atoms with Gasteiger partial charge >= 0.3 is 0 Å². The van der Waals surface area contributed by atoms with Crippen molar-refractivity contribution in [3.8, 4) is 22.8 Å². The van der Waals surface area contributed by atoms with E-state index in [2.05, 4.69) is 10.2 Å². The summed E-state index contributed by atoms with van der Waals surface area (Å²) in [6.45, 7) is 2.31. The van der Waals surface area contributed by atoms with Gasteiger partial charge in [-0.2, -0.15) is 0 Å². The Morgan fingerprint density at radius 1 is 1.03 bits per heavy atom. The van der Waals surface area contributed by atoms with Crippen molar-refractivity contribution < 1.29 is 19.2 Å². The van der Waals surface area contributed by atoms with Crippen molar-refractivity contribution in [3.05, 3.63) is 94.0 Å². The lowest BCUT2D eigenvalue weighted by Crippen LogP contribution is -2.40. The molecule has 1 amide bonds. The number of nitro groups is 1. The van der Waals surface area contributed by atoms with Gasteiger partial charge in [-0.1, -0.05) is 36.0 Å². The van der Waals surface area contributed by atoms with Gasteiger partial charge in [0.15, 0.2) is 11.0 Å². The van der Waals surface area contributed by atoms with Crippen molar-refractivity contribution in [2.75, 3.05) is 33.4 Å².